The summed E-state index contributed by atoms with van der Waals surface area (Å²) in [6.45, 7) is 0.578. The Balaban J connectivity index is 1.88. The Morgan fingerprint density at radius 2 is 1.90 bits per heavy atom. The van der Waals surface area contributed by atoms with Crippen LogP contribution in [0.5, 0.6) is 5.75 Å². The summed E-state index contributed by atoms with van der Waals surface area (Å²) in [5.41, 5.74) is 5.79. The maximum Gasteiger partial charge on any atom is 0.271 e. The number of carbonyl (C=O) groups is 1. The topological polar surface area (TPSA) is 101 Å². The number of ether oxygens (including phenoxy) is 1. The lowest BCUT2D eigenvalue weighted by Gasteiger charge is -2.42. The molecule has 1 atom stereocenters. The van der Waals surface area contributed by atoms with Gasteiger partial charge in [0.2, 0.25) is 5.43 Å². The number of hydrogen-bond acceptors (Lipinski definition) is 7. The van der Waals surface area contributed by atoms with E-state index >= 15 is 4.39 Å². The van der Waals surface area contributed by atoms with Crippen molar-refractivity contribution in [2.24, 2.45) is 5.73 Å². The van der Waals surface area contributed by atoms with E-state index in [-0.39, 0.29) is 17.9 Å². The molecule has 1 aromatic heterocycles. The summed E-state index contributed by atoms with van der Waals surface area (Å²) in [6.07, 6.45) is 1.32. The number of nitrogens with two attached hydrogens (primary N) is 1. The maximum atomic E-state index is 15.4. The summed E-state index contributed by atoms with van der Waals surface area (Å²) in [6, 6.07) is 14.5. The van der Waals surface area contributed by atoms with Crippen molar-refractivity contribution in [3.8, 4) is 5.75 Å². The molecule has 2 heterocycles. The number of primary amides is 1. The van der Waals surface area contributed by atoms with E-state index < -0.39 is 40.5 Å². The minimum absolute atomic E-state index is 0.157. The van der Waals surface area contributed by atoms with Gasteiger partial charge in [0.15, 0.2) is 23.1 Å². The van der Waals surface area contributed by atoms with E-state index in [4.69, 9.17) is 10.5 Å². The fourth-order valence-electron chi connectivity index (χ4n) is 4.94. The molecular formula is C28H26F2N4O4S. The second kappa shape index (κ2) is 10.7. The third kappa shape index (κ3) is 4.62. The molecule has 0 saturated heterocycles. The van der Waals surface area contributed by atoms with E-state index in [1.54, 1.807) is 17.2 Å². The number of fused-ring (bicyclic) bond motifs is 4. The molecule has 0 radical (unpaired) electrons. The lowest BCUT2D eigenvalue weighted by Crippen LogP contribution is -2.53. The van der Waals surface area contributed by atoms with Gasteiger partial charge in [0.05, 0.1) is 6.61 Å². The predicted molar refractivity (Wildman–Crippen MR) is 145 cm³/mol. The molecule has 4 aromatic rings. The minimum Gasteiger partial charge on any atom is -0.502 e. The number of carbonyl (C=O) groups excluding carboxylic acids is 1. The fourth-order valence-corrected chi connectivity index (χ4v) is 6.21. The first kappa shape index (κ1) is 26.7. The number of aromatic hydroxyl groups is 1. The molecule has 1 aliphatic heterocycles. The number of aromatic nitrogens is 1. The Hall–Kier alpha value is -3.93. The summed E-state index contributed by atoms with van der Waals surface area (Å²) >= 11 is 1.39. The van der Waals surface area contributed by atoms with E-state index in [9.17, 15) is 19.1 Å². The number of rotatable bonds is 7. The van der Waals surface area contributed by atoms with Gasteiger partial charge in [0, 0.05) is 49.2 Å². The molecule has 1 amide bonds. The van der Waals surface area contributed by atoms with Gasteiger partial charge in [0.25, 0.3) is 5.91 Å². The summed E-state index contributed by atoms with van der Waals surface area (Å²) in [7, 11) is 3.26. The maximum absolute atomic E-state index is 15.4. The van der Waals surface area contributed by atoms with Gasteiger partial charge < -0.3 is 15.6 Å². The van der Waals surface area contributed by atoms with Gasteiger partial charge in [-0.15, -0.1) is 11.8 Å². The summed E-state index contributed by atoms with van der Waals surface area (Å²) in [4.78, 5) is 25.7. The number of hydrogen-bond donors (Lipinski definition) is 2. The zero-order valence-electron chi connectivity index (χ0n) is 21.2. The smallest absolute Gasteiger partial charge is 0.271 e. The molecule has 3 aromatic carbocycles. The Kier molecular flexibility index (Phi) is 7.30. The molecule has 5 rings (SSSR count). The number of benzene rings is 3. The standard InChI is InChI=1S/C28H26F2N4O4S/c1-32(13-14-38-2)34(33-12-11-22(35)26(36)25(33)28(31)37)24-18-9-10-21(29)23(30)20(18)15-39-27-17-6-4-3-5-16(17)7-8-19(24)27/h3-12,24,36H,13-15H2,1-2H3,(H2,31,37)/t24-/m1/s1. The van der Waals surface area contributed by atoms with Crippen LogP contribution in [0, 0.1) is 11.6 Å². The van der Waals surface area contributed by atoms with Crippen LogP contribution in [0.1, 0.15) is 33.2 Å². The van der Waals surface area contributed by atoms with E-state index in [1.165, 1.54) is 35.8 Å². The van der Waals surface area contributed by atoms with E-state index in [2.05, 4.69) is 0 Å². The first-order valence-electron chi connectivity index (χ1n) is 12.1. The van der Waals surface area contributed by atoms with Crippen molar-refractivity contribution < 1.29 is 23.4 Å². The summed E-state index contributed by atoms with van der Waals surface area (Å²) < 4.78 is 36.4. The number of thioether (sulfide) groups is 1. The first-order valence-corrected chi connectivity index (χ1v) is 13.1. The SMILES string of the molecule is COCCN(C)N([C@@H]1c2ccc(F)c(F)c2CSc2c1ccc1ccccc21)n1ccc(=O)c(O)c1C(N)=O. The Morgan fingerprint density at radius 1 is 1.15 bits per heavy atom. The Labute approximate surface area is 227 Å². The highest BCUT2D eigenvalue weighted by Gasteiger charge is 2.36. The molecule has 1 aliphatic rings. The van der Waals surface area contributed by atoms with Gasteiger partial charge in [-0.3, -0.25) is 9.59 Å². The molecule has 0 fully saturated rings. The molecule has 0 spiro atoms. The van der Waals surface area contributed by atoms with E-state index in [1.807, 2.05) is 36.4 Å². The van der Waals surface area contributed by atoms with Gasteiger partial charge >= 0.3 is 0 Å². The highest BCUT2D eigenvalue weighted by atomic mass is 32.2. The van der Waals surface area contributed by atoms with Gasteiger partial charge in [-0.1, -0.05) is 42.5 Å². The third-order valence-corrected chi connectivity index (χ3v) is 7.98. The van der Waals surface area contributed by atoms with Crippen molar-refractivity contribution in [3.05, 3.63) is 105 Å². The average molecular weight is 553 g/mol. The highest BCUT2D eigenvalue weighted by Crippen LogP contribution is 2.46. The molecule has 3 N–H and O–H groups in total. The quantitative estimate of drug-likeness (QED) is 0.335. The molecule has 39 heavy (non-hydrogen) atoms. The van der Waals surface area contributed by atoms with Crippen LogP contribution in [0.4, 0.5) is 8.78 Å². The second-order valence-corrected chi connectivity index (χ2v) is 10.1. The monoisotopic (exact) mass is 552 g/mol. The van der Waals surface area contributed by atoms with E-state index in [0.717, 1.165) is 33.4 Å². The van der Waals surface area contributed by atoms with Crippen LogP contribution in [0.3, 0.4) is 0 Å². The minimum atomic E-state index is -1.04. The molecule has 0 bridgehead atoms. The zero-order valence-corrected chi connectivity index (χ0v) is 22.0. The van der Waals surface area contributed by atoms with Crippen molar-refractivity contribution in [2.45, 2.75) is 16.7 Å². The fraction of sp³-hybridized carbons (Fsp3) is 0.214. The van der Waals surface area contributed by atoms with Crippen molar-refractivity contribution in [3.63, 3.8) is 0 Å². The first-order chi connectivity index (χ1) is 18.7. The number of likely N-dealkylation sites (N-methyl/N-ethyl adjacent to an activating group) is 1. The van der Waals surface area contributed by atoms with Crippen LogP contribution in [-0.4, -0.2) is 48.0 Å². The molecule has 11 heteroatoms. The summed E-state index contributed by atoms with van der Waals surface area (Å²) in [5.74, 6) is -3.63. The van der Waals surface area contributed by atoms with Crippen molar-refractivity contribution >= 4 is 28.4 Å². The van der Waals surface area contributed by atoms with Gasteiger partial charge in [-0.25, -0.2) is 23.6 Å². The van der Waals surface area contributed by atoms with Crippen LogP contribution in [-0.2, 0) is 10.5 Å². The number of methoxy groups -OCH3 is 1. The van der Waals surface area contributed by atoms with Gasteiger partial charge in [-0.05, 0) is 28.0 Å². The van der Waals surface area contributed by atoms with Crippen LogP contribution < -0.4 is 16.3 Å². The average Bonchev–Trinajstić information content (AvgIpc) is 3.09. The summed E-state index contributed by atoms with van der Waals surface area (Å²) in [5, 5.41) is 15.8. The zero-order chi connectivity index (χ0) is 27.8. The van der Waals surface area contributed by atoms with Crippen LogP contribution in [0.25, 0.3) is 10.8 Å². The lowest BCUT2D eigenvalue weighted by molar-refractivity contribution is 0.0966. The van der Waals surface area contributed by atoms with Crippen LogP contribution >= 0.6 is 11.8 Å². The predicted octanol–water partition coefficient (Wildman–Crippen LogP) is 3.91. The lowest BCUT2D eigenvalue weighted by atomic mass is 9.93. The molecule has 0 saturated carbocycles. The molecular weight excluding hydrogens is 526 g/mol. The number of amides is 1. The van der Waals surface area contributed by atoms with Crippen molar-refractivity contribution in [1.29, 1.82) is 0 Å². The van der Waals surface area contributed by atoms with E-state index in [0.29, 0.717) is 12.1 Å². The van der Waals surface area contributed by atoms with Crippen LogP contribution in [0.2, 0.25) is 0 Å². The van der Waals surface area contributed by atoms with Gasteiger partial charge in [0.1, 0.15) is 6.04 Å². The molecule has 202 valence electrons. The third-order valence-electron chi connectivity index (χ3n) is 6.80. The highest BCUT2D eigenvalue weighted by molar-refractivity contribution is 7.98. The second-order valence-electron chi connectivity index (χ2n) is 9.11. The normalized spacial score (nSPS) is 14.6. The van der Waals surface area contributed by atoms with Crippen molar-refractivity contribution in [2.75, 3.05) is 32.4 Å². The Morgan fingerprint density at radius 3 is 2.64 bits per heavy atom. The molecule has 8 nitrogen and oxygen atoms in total. The Bertz CT molecular complexity index is 1640. The number of halogens is 2. The molecule has 0 aliphatic carbocycles. The van der Waals surface area contributed by atoms with Crippen molar-refractivity contribution in [1.82, 2.24) is 9.69 Å². The molecule has 0 unspecified atom stereocenters. The number of pyridine rings is 1. The number of hydrazine groups is 1. The largest absolute Gasteiger partial charge is 0.502 e. The number of nitrogens with zero attached hydrogens (tertiary/aromatic N) is 3. The van der Waals surface area contributed by atoms with Crippen LogP contribution in [0.15, 0.2) is 70.5 Å². The van der Waals surface area contributed by atoms with Gasteiger partial charge in [-0.2, -0.15) is 0 Å².